The lowest BCUT2D eigenvalue weighted by Gasteiger charge is -2.28. The van der Waals surface area contributed by atoms with Gasteiger partial charge in [0.15, 0.2) is 5.75 Å². The Bertz CT molecular complexity index is 465. The van der Waals surface area contributed by atoms with Gasteiger partial charge in [0.25, 0.3) is 5.91 Å². The average Bonchev–Trinajstić information content (AvgIpc) is 2.68. The number of nitrogen functional groups attached to an aromatic ring is 1. The third-order valence-corrected chi connectivity index (χ3v) is 4.37. The van der Waals surface area contributed by atoms with Gasteiger partial charge in [-0.1, -0.05) is 0 Å². The minimum Gasteiger partial charge on any atom is -0.486 e. The van der Waals surface area contributed by atoms with Crippen LogP contribution in [0.4, 0.5) is 10.7 Å². The second kappa shape index (κ2) is 5.69. The van der Waals surface area contributed by atoms with Crippen LogP contribution in [0, 0.1) is 0 Å². The van der Waals surface area contributed by atoms with Crippen LogP contribution in [0.1, 0.15) is 42.8 Å². The smallest absolute Gasteiger partial charge is 0.261 e. The van der Waals surface area contributed by atoms with Crippen LogP contribution in [-0.2, 0) is 0 Å². The van der Waals surface area contributed by atoms with E-state index in [0.717, 1.165) is 30.9 Å². The van der Waals surface area contributed by atoms with E-state index >= 15 is 0 Å². The molecule has 0 saturated carbocycles. The Labute approximate surface area is 117 Å². The molecule has 4 N–H and O–H groups in total. The van der Waals surface area contributed by atoms with E-state index < -0.39 is 5.91 Å². The van der Waals surface area contributed by atoms with Crippen LogP contribution in [0.5, 0.6) is 5.75 Å². The fourth-order valence-corrected chi connectivity index (χ4v) is 3.31. The van der Waals surface area contributed by atoms with E-state index in [2.05, 4.69) is 4.90 Å². The van der Waals surface area contributed by atoms with Crippen molar-refractivity contribution in [3.8, 4) is 5.75 Å². The number of carbonyl (C=O) groups excluding carboxylic acids is 1. The van der Waals surface area contributed by atoms with Gasteiger partial charge < -0.3 is 21.1 Å². The number of thiophene rings is 1. The molecule has 0 radical (unpaired) electrons. The fourth-order valence-electron chi connectivity index (χ4n) is 2.25. The molecule has 5 nitrogen and oxygen atoms in total. The van der Waals surface area contributed by atoms with E-state index in [1.54, 1.807) is 0 Å². The number of piperidine rings is 1. The third-order valence-electron chi connectivity index (χ3n) is 3.10. The number of ether oxygens (including phenoxy) is 1. The Hall–Kier alpha value is -1.43. The normalized spacial score (nSPS) is 15.8. The number of amides is 1. The molecular formula is C13H21N3O2S. The number of primary amides is 1. The van der Waals surface area contributed by atoms with E-state index in [4.69, 9.17) is 16.2 Å². The molecule has 0 aromatic carbocycles. The molecule has 1 aromatic heterocycles. The second-order valence-corrected chi connectivity index (χ2v) is 6.06. The number of nitrogens with two attached hydrogens (primary N) is 2. The van der Waals surface area contributed by atoms with E-state index in [-0.39, 0.29) is 6.10 Å². The van der Waals surface area contributed by atoms with Crippen LogP contribution in [0.2, 0.25) is 0 Å². The Balaban J connectivity index is 2.38. The SMILES string of the molecule is CC(C)Oc1c(N2CCCCC2)sc(C(N)=O)c1N. The summed E-state index contributed by atoms with van der Waals surface area (Å²) in [4.78, 5) is 14.1. The van der Waals surface area contributed by atoms with Crippen LogP contribution in [0.25, 0.3) is 0 Å². The largest absolute Gasteiger partial charge is 0.486 e. The molecule has 1 aliphatic rings. The summed E-state index contributed by atoms with van der Waals surface area (Å²) < 4.78 is 5.80. The highest BCUT2D eigenvalue weighted by Crippen LogP contribution is 2.45. The summed E-state index contributed by atoms with van der Waals surface area (Å²) >= 11 is 1.34. The molecule has 1 aliphatic heterocycles. The number of carbonyl (C=O) groups is 1. The standard InChI is InChI=1S/C13H21N3O2S/c1-8(2)18-10-9(14)11(12(15)17)19-13(10)16-6-4-3-5-7-16/h8H,3-7,14H2,1-2H3,(H2,15,17). The summed E-state index contributed by atoms with van der Waals surface area (Å²) in [5.74, 6) is 0.134. The van der Waals surface area contributed by atoms with E-state index in [9.17, 15) is 4.79 Å². The molecule has 1 saturated heterocycles. The first-order valence-electron chi connectivity index (χ1n) is 6.64. The van der Waals surface area contributed by atoms with Gasteiger partial charge in [0.2, 0.25) is 0 Å². The van der Waals surface area contributed by atoms with Crippen molar-refractivity contribution in [1.82, 2.24) is 0 Å². The second-order valence-electron chi connectivity index (χ2n) is 5.06. The zero-order valence-corrected chi connectivity index (χ0v) is 12.3. The topological polar surface area (TPSA) is 81.6 Å². The highest BCUT2D eigenvalue weighted by molar-refractivity contribution is 7.19. The Morgan fingerprint density at radius 2 is 1.95 bits per heavy atom. The summed E-state index contributed by atoms with van der Waals surface area (Å²) in [6.45, 7) is 5.85. The maximum absolute atomic E-state index is 11.4. The number of hydrogen-bond donors (Lipinski definition) is 2. The van der Waals surface area contributed by atoms with E-state index in [1.807, 2.05) is 13.8 Å². The minimum absolute atomic E-state index is 0.0150. The molecule has 0 aliphatic carbocycles. The molecule has 1 fully saturated rings. The molecule has 106 valence electrons. The fraction of sp³-hybridized carbons (Fsp3) is 0.615. The van der Waals surface area contributed by atoms with Gasteiger partial charge in [-0.2, -0.15) is 0 Å². The molecule has 0 atom stereocenters. The predicted octanol–water partition coefficient (Wildman–Crippen LogP) is 2.21. The first-order chi connectivity index (χ1) is 9.00. The molecule has 6 heteroatoms. The van der Waals surface area contributed by atoms with Crippen LogP contribution in [0.15, 0.2) is 0 Å². The predicted molar refractivity (Wildman–Crippen MR) is 79.1 cm³/mol. The summed E-state index contributed by atoms with van der Waals surface area (Å²) in [6.07, 6.45) is 3.58. The highest BCUT2D eigenvalue weighted by atomic mass is 32.1. The molecule has 1 aromatic rings. The van der Waals surface area contributed by atoms with Crippen molar-refractivity contribution in [3.63, 3.8) is 0 Å². The van der Waals surface area contributed by atoms with Crippen LogP contribution >= 0.6 is 11.3 Å². The summed E-state index contributed by atoms with van der Waals surface area (Å²) in [6, 6.07) is 0. The highest BCUT2D eigenvalue weighted by Gasteiger charge is 2.26. The molecule has 1 amide bonds. The molecule has 2 heterocycles. The first kappa shape index (κ1) is 14.0. The quantitative estimate of drug-likeness (QED) is 0.887. The zero-order chi connectivity index (χ0) is 14.0. The minimum atomic E-state index is -0.487. The van der Waals surface area contributed by atoms with Crippen molar-refractivity contribution in [1.29, 1.82) is 0 Å². The van der Waals surface area contributed by atoms with Crippen molar-refractivity contribution in [3.05, 3.63) is 4.88 Å². The van der Waals surface area contributed by atoms with Gasteiger partial charge in [-0.3, -0.25) is 4.79 Å². The first-order valence-corrected chi connectivity index (χ1v) is 7.46. The molecule has 2 rings (SSSR count). The number of anilines is 2. The van der Waals surface area contributed by atoms with Gasteiger partial charge in [0.1, 0.15) is 15.6 Å². The van der Waals surface area contributed by atoms with Gasteiger partial charge >= 0.3 is 0 Å². The molecule has 0 bridgehead atoms. The van der Waals surface area contributed by atoms with Gasteiger partial charge in [-0.15, -0.1) is 11.3 Å². The Morgan fingerprint density at radius 3 is 2.47 bits per heavy atom. The van der Waals surface area contributed by atoms with E-state index in [0.29, 0.717) is 16.3 Å². The molecule has 0 spiro atoms. The number of nitrogens with zero attached hydrogens (tertiary/aromatic N) is 1. The lowest BCUT2D eigenvalue weighted by molar-refractivity contribution is 0.100. The monoisotopic (exact) mass is 283 g/mol. The van der Waals surface area contributed by atoms with Gasteiger partial charge in [-0.25, -0.2) is 0 Å². The molecular weight excluding hydrogens is 262 g/mol. The van der Waals surface area contributed by atoms with Crippen LogP contribution < -0.4 is 21.1 Å². The van der Waals surface area contributed by atoms with Gasteiger partial charge in [-0.05, 0) is 33.1 Å². The lowest BCUT2D eigenvalue weighted by Crippen LogP contribution is -2.29. The van der Waals surface area contributed by atoms with Crippen molar-refractivity contribution >= 4 is 27.9 Å². The van der Waals surface area contributed by atoms with Crippen molar-refractivity contribution < 1.29 is 9.53 Å². The average molecular weight is 283 g/mol. The molecule has 0 unspecified atom stereocenters. The summed E-state index contributed by atoms with van der Waals surface area (Å²) in [7, 11) is 0. The number of rotatable bonds is 4. The lowest BCUT2D eigenvalue weighted by atomic mass is 10.1. The maximum Gasteiger partial charge on any atom is 0.261 e. The Kier molecular flexibility index (Phi) is 4.19. The van der Waals surface area contributed by atoms with Crippen LogP contribution in [0.3, 0.4) is 0 Å². The van der Waals surface area contributed by atoms with Gasteiger partial charge in [0.05, 0.1) is 6.10 Å². The van der Waals surface area contributed by atoms with Crippen LogP contribution in [-0.4, -0.2) is 25.1 Å². The van der Waals surface area contributed by atoms with Crippen molar-refractivity contribution in [2.45, 2.75) is 39.2 Å². The maximum atomic E-state index is 11.4. The summed E-state index contributed by atoms with van der Waals surface area (Å²) in [5, 5.41) is 0.944. The Morgan fingerprint density at radius 1 is 1.32 bits per heavy atom. The van der Waals surface area contributed by atoms with Crippen molar-refractivity contribution in [2.24, 2.45) is 5.73 Å². The van der Waals surface area contributed by atoms with Gasteiger partial charge in [0, 0.05) is 13.1 Å². The van der Waals surface area contributed by atoms with Crippen molar-refractivity contribution in [2.75, 3.05) is 23.7 Å². The molecule has 19 heavy (non-hydrogen) atoms. The zero-order valence-electron chi connectivity index (χ0n) is 11.4. The third kappa shape index (κ3) is 2.94. The van der Waals surface area contributed by atoms with E-state index in [1.165, 1.54) is 17.8 Å². The summed E-state index contributed by atoms with van der Waals surface area (Å²) in [5.41, 5.74) is 11.8. The number of hydrogen-bond acceptors (Lipinski definition) is 5.